The monoisotopic (exact) mass is 167 g/mol. The Hall–Kier alpha value is -1.06. The van der Waals surface area contributed by atoms with Crippen LogP contribution in [0.15, 0.2) is 30.3 Å². The quantitative estimate of drug-likeness (QED) is 0.525. The van der Waals surface area contributed by atoms with E-state index in [-0.39, 0.29) is 6.73 Å². The summed E-state index contributed by atoms with van der Waals surface area (Å²) in [5.41, 5.74) is 5.13. The molecule has 0 amide bonds. The summed E-state index contributed by atoms with van der Waals surface area (Å²) in [4.78, 5) is 0. The fraction of sp³-hybridized carbons (Fsp3) is 0.333. The maximum Gasteiger partial charge on any atom is 0.119 e. The first kappa shape index (κ1) is 9.03. The Morgan fingerprint density at radius 1 is 1.08 bits per heavy atom. The number of hydrogen-bond acceptors (Lipinski definition) is 3. The van der Waals surface area contributed by atoms with Crippen molar-refractivity contribution in [1.29, 1.82) is 0 Å². The molecule has 0 saturated carbocycles. The Balaban J connectivity index is 2.16. The predicted molar refractivity (Wildman–Crippen MR) is 46.9 cm³/mol. The fourth-order valence-corrected chi connectivity index (χ4v) is 0.818. The zero-order valence-electron chi connectivity index (χ0n) is 6.90. The van der Waals surface area contributed by atoms with Crippen LogP contribution >= 0.6 is 0 Å². The zero-order valence-corrected chi connectivity index (χ0v) is 6.90. The topological polar surface area (TPSA) is 44.5 Å². The molecule has 0 spiro atoms. The van der Waals surface area contributed by atoms with Crippen molar-refractivity contribution in [2.45, 2.75) is 0 Å². The first-order valence-electron chi connectivity index (χ1n) is 3.89. The highest BCUT2D eigenvalue weighted by Gasteiger charge is 1.89. The third-order valence-corrected chi connectivity index (χ3v) is 1.36. The number of nitrogens with two attached hydrogens (primary N) is 1. The fourth-order valence-electron chi connectivity index (χ4n) is 0.818. The van der Waals surface area contributed by atoms with Gasteiger partial charge in [0, 0.05) is 0 Å². The van der Waals surface area contributed by atoms with Gasteiger partial charge in [-0.05, 0) is 12.1 Å². The van der Waals surface area contributed by atoms with Crippen molar-refractivity contribution < 1.29 is 9.47 Å². The van der Waals surface area contributed by atoms with E-state index >= 15 is 0 Å². The second kappa shape index (κ2) is 5.57. The summed E-state index contributed by atoms with van der Waals surface area (Å²) in [6.45, 7) is 1.32. The van der Waals surface area contributed by atoms with Crippen LogP contribution in [0.1, 0.15) is 0 Å². The van der Waals surface area contributed by atoms with Gasteiger partial charge in [-0.25, -0.2) is 0 Å². The van der Waals surface area contributed by atoms with Crippen LogP contribution in [0.25, 0.3) is 0 Å². The van der Waals surface area contributed by atoms with Crippen molar-refractivity contribution in [3.8, 4) is 5.75 Å². The molecule has 0 heterocycles. The molecule has 3 heteroatoms. The minimum absolute atomic E-state index is 0.248. The molecule has 0 aliphatic heterocycles. The highest BCUT2D eigenvalue weighted by molar-refractivity contribution is 5.20. The Kier molecular flexibility index (Phi) is 4.19. The summed E-state index contributed by atoms with van der Waals surface area (Å²) in [7, 11) is 0. The summed E-state index contributed by atoms with van der Waals surface area (Å²) < 4.78 is 10.2. The van der Waals surface area contributed by atoms with Gasteiger partial charge < -0.3 is 15.2 Å². The number of para-hydroxylation sites is 1. The number of hydrogen-bond donors (Lipinski definition) is 1. The average molecular weight is 167 g/mol. The SMILES string of the molecule is NCOCCOc1ccccc1. The third-order valence-electron chi connectivity index (χ3n) is 1.36. The van der Waals surface area contributed by atoms with Gasteiger partial charge in [-0.2, -0.15) is 0 Å². The first-order valence-corrected chi connectivity index (χ1v) is 3.89. The highest BCUT2D eigenvalue weighted by atomic mass is 16.5. The Morgan fingerprint density at radius 3 is 2.50 bits per heavy atom. The minimum Gasteiger partial charge on any atom is -0.491 e. The molecular weight excluding hydrogens is 154 g/mol. The normalized spacial score (nSPS) is 9.75. The van der Waals surface area contributed by atoms with Gasteiger partial charge in [-0.1, -0.05) is 18.2 Å². The first-order chi connectivity index (χ1) is 5.93. The predicted octanol–water partition coefficient (Wildman–Crippen LogP) is 0.998. The summed E-state index contributed by atoms with van der Waals surface area (Å²) in [6, 6.07) is 9.62. The Morgan fingerprint density at radius 2 is 1.83 bits per heavy atom. The standard InChI is InChI=1S/C9H13NO2/c10-8-11-6-7-12-9-4-2-1-3-5-9/h1-5H,6-8,10H2. The molecule has 12 heavy (non-hydrogen) atoms. The van der Waals surface area contributed by atoms with Crippen LogP contribution in [-0.4, -0.2) is 19.9 Å². The number of ether oxygens (including phenoxy) is 2. The van der Waals surface area contributed by atoms with Gasteiger partial charge in [0.15, 0.2) is 0 Å². The molecule has 0 fully saturated rings. The zero-order chi connectivity index (χ0) is 8.65. The molecule has 0 atom stereocenters. The van der Waals surface area contributed by atoms with E-state index in [0.717, 1.165) is 5.75 Å². The van der Waals surface area contributed by atoms with Gasteiger partial charge >= 0.3 is 0 Å². The lowest BCUT2D eigenvalue weighted by Crippen LogP contribution is -2.11. The molecule has 0 aliphatic rings. The van der Waals surface area contributed by atoms with Crippen molar-refractivity contribution in [3.63, 3.8) is 0 Å². The van der Waals surface area contributed by atoms with E-state index in [9.17, 15) is 0 Å². The second-order valence-electron chi connectivity index (χ2n) is 2.24. The van der Waals surface area contributed by atoms with E-state index in [1.54, 1.807) is 0 Å². The van der Waals surface area contributed by atoms with Crippen LogP contribution < -0.4 is 10.5 Å². The molecule has 1 aromatic carbocycles. The average Bonchev–Trinajstić information content (AvgIpc) is 2.14. The smallest absolute Gasteiger partial charge is 0.119 e. The molecule has 0 bridgehead atoms. The molecular formula is C9H13NO2. The second-order valence-corrected chi connectivity index (χ2v) is 2.24. The van der Waals surface area contributed by atoms with Crippen LogP contribution in [0.2, 0.25) is 0 Å². The number of benzene rings is 1. The van der Waals surface area contributed by atoms with Gasteiger partial charge in [0.25, 0.3) is 0 Å². The van der Waals surface area contributed by atoms with Crippen molar-refractivity contribution in [3.05, 3.63) is 30.3 Å². The lowest BCUT2D eigenvalue weighted by Gasteiger charge is -2.04. The molecule has 0 saturated heterocycles. The maximum absolute atomic E-state index is 5.33. The molecule has 1 rings (SSSR count). The molecule has 0 aromatic heterocycles. The lowest BCUT2D eigenvalue weighted by molar-refractivity contribution is 0.105. The molecule has 0 aliphatic carbocycles. The van der Waals surface area contributed by atoms with Crippen molar-refractivity contribution in [2.75, 3.05) is 19.9 Å². The number of rotatable bonds is 5. The maximum atomic E-state index is 5.33. The molecule has 2 N–H and O–H groups in total. The van der Waals surface area contributed by atoms with Gasteiger partial charge in [0.2, 0.25) is 0 Å². The van der Waals surface area contributed by atoms with Crippen molar-refractivity contribution in [1.82, 2.24) is 0 Å². The largest absolute Gasteiger partial charge is 0.491 e. The van der Waals surface area contributed by atoms with Crippen molar-refractivity contribution in [2.24, 2.45) is 5.73 Å². The van der Waals surface area contributed by atoms with Gasteiger partial charge in [0.05, 0.1) is 13.3 Å². The van der Waals surface area contributed by atoms with E-state index in [1.165, 1.54) is 0 Å². The summed E-state index contributed by atoms with van der Waals surface area (Å²) >= 11 is 0. The third kappa shape index (κ3) is 3.37. The van der Waals surface area contributed by atoms with Crippen LogP contribution in [0, 0.1) is 0 Å². The van der Waals surface area contributed by atoms with E-state index in [0.29, 0.717) is 13.2 Å². The highest BCUT2D eigenvalue weighted by Crippen LogP contribution is 2.07. The van der Waals surface area contributed by atoms with Gasteiger partial charge in [-0.15, -0.1) is 0 Å². The van der Waals surface area contributed by atoms with E-state index in [1.807, 2.05) is 30.3 Å². The minimum atomic E-state index is 0.248. The Labute approximate surface area is 72.1 Å². The van der Waals surface area contributed by atoms with E-state index < -0.39 is 0 Å². The molecule has 1 aromatic rings. The molecule has 0 unspecified atom stereocenters. The summed E-state index contributed by atoms with van der Waals surface area (Å²) in [5, 5.41) is 0. The van der Waals surface area contributed by atoms with Gasteiger partial charge in [0.1, 0.15) is 12.4 Å². The van der Waals surface area contributed by atoms with Crippen LogP contribution in [-0.2, 0) is 4.74 Å². The van der Waals surface area contributed by atoms with Crippen LogP contribution in [0.3, 0.4) is 0 Å². The summed E-state index contributed by atoms with van der Waals surface area (Å²) in [6.07, 6.45) is 0. The lowest BCUT2D eigenvalue weighted by atomic mass is 10.3. The van der Waals surface area contributed by atoms with Crippen LogP contribution in [0.5, 0.6) is 5.75 Å². The molecule has 0 radical (unpaired) electrons. The molecule has 3 nitrogen and oxygen atoms in total. The van der Waals surface area contributed by atoms with E-state index in [2.05, 4.69) is 0 Å². The molecule has 66 valence electrons. The van der Waals surface area contributed by atoms with Gasteiger partial charge in [-0.3, -0.25) is 0 Å². The summed E-state index contributed by atoms with van der Waals surface area (Å²) in [5.74, 6) is 0.859. The van der Waals surface area contributed by atoms with Crippen molar-refractivity contribution >= 4 is 0 Å². The van der Waals surface area contributed by atoms with E-state index in [4.69, 9.17) is 15.2 Å². The van der Waals surface area contributed by atoms with Crippen LogP contribution in [0.4, 0.5) is 0 Å². The Bertz CT molecular complexity index is 201.